The summed E-state index contributed by atoms with van der Waals surface area (Å²) in [7, 11) is 3.20. The van der Waals surface area contributed by atoms with E-state index in [0.29, 0.717) is 34.6 Å². The van der Waals surface area contributed by atoms with Gasteiger partial charge in [-0.3, -0.25) is 4.79 Å². The molecule has 1 aromatic heterocycles. The SMILES string of the molecule is C=CCc1cc(C=Nn2c([C@@H](C)CC)nc3ccc(Br)cc3c2=O)cc(OC)c1OC. The van der Waals surface area contributed by atoms with Crippen molar-refractivity contribution in [3.63, 3.8) is 0 Å². The van der Waals surface area contributed by atoms with Gasteiger partial charge in [-0.1, -0.05) is 35.9 Å². The van der Waals surface area contributed by atoms with Gasteiger partial charge in [-0.2, -0.15) is 9.78 Å². The van der Waals surface area contributed by atoms with Crippen LogP contribution in [0.3, 0.4) is 0 Å². The van der Waals surface area contributed by atoms with Crippen molar-refractivity contribution in [3.8, 4) is 11.5 Å². The minimum absolute atomic E-state index is 0.0691. The van der Waals surface area contributed by atoms with E-state index in [1.165, 1.54) is 4.68 Å². The number of rotatable bonds is 8. The second kappa shape index (κ2) is 9.92. The Morgan fingerprint density at radius 2 is 2.03 bits per heavy atom. The van der Waals surface area contributed by atoms with E-state index in [-0.39, 0.29) is 11.5 Å². The fourth-order valence-corrected chi connectivity index (χ4v) is 3.71. The first kappa shape index (κ1) is 22.7. The number of hydrogen-bond acceptors (Lipinski definition) is 5. The van der Waals surface area contributed by atoms with E-state index in [1.807, 2.05) is 31.2 Å². The number of hydrogen-bond donors (Lipinski definition) is 0. The number of nitrogens with zero attached hydrogens (tertiary/aromatic N) is 3. The average Bonchev–Trinajstić information content (AvgIpc) is 2.78. The highest BCUT2D eigenvalue weighted by molar-refractivity contribution is 9.10. The summed E-state index contributed by atoms with van der Waals surface area (Å²) in [4.78, 5) is 18.0. The van der Waals surface area contributed by atoms with Crippen LogP contribution in [0.4, 0.5) is 0 Å². The first-order valence-electron chi connectivity index (χ1n) is 10.1. The first-order valence-corrected chi connectivity index (χ1v) is 10.8. The van der Waals surface area contributed by atoms with E-state index in [2.05, 4.69) is 34.5 Å². The molecule has 3 rings (SSSR count). The molecule has 0 radical (unpaired) electrons. The van der Waals surface area contributed by atoms with Gasteiger partial charge in [0.25, 0.3) is 5.56 Å². The molecule has 31 heavy (non-hydrogen) atoms. The summed E-state index contributed by atoms with van der Waals surface area (Å²) < 4.78 is 13.2. The molecule has 0 aliphatic heterocycles. The number of allylic oxidation sites excluding steroid dienone is 1. The van der Waals surface area contributed by atoms with Gasteiger partial charge in [0.2, 0.25) is 0 Å². The van der Waals surface area contributed by atoms with E-state index in [9.17, 15) is 4.79 Å². The summed E-state index contributed by atoms with van der Waals surface area (Å²) in [5.41, 5.74) is 2.16. The molecular formula is C24H26BrN3O3. The molecule has 6 nitrogen and oxygen atoms in total. The quantitative estimate of drug-likeness (QED) is 0.322. The van der Waals surface area contributed by atoms with Gasteiger partial charge in [0.1, 0.15) is 5.82 Å². The minimum atomic E-state index is -0.204. The maximum atomic E-state index is 13.3. The van der Waals surface area contributed by atoms with Crippen LogP contribution in [0.15, 0.2) is 57.4 Å². The van der Waals surface area contributed by atoms with Crippen LogP contribution in [0.1, 0.15) is 43.1 Å². The number of ether oxygens (including phenoxy) is 2. The molecule has 162 valence electrons. The molecule has 0 unspecified atom stereocenters. The van der Waals surface area contributed by atoms with E-state index in [4.69, 9.17) is 14.5 Å². The van der Waals surface area contributed by atoms with E-state index >= 15 is 0 Å². The average molecular weight is 484 g/mol. The van der Waals surface area contributed by atoms with Crippen molar-refractivity contribution >= 4 is 33.0 Å². The zero-order chi connectivity index (χ0) is 22.5. The standard InChI is InChI=1S/C24H26BrN3O3/c1-6-8-17-11-16(12-21(30-4)22(17)31-5)14-26-28-23(15(3)7-2)27-20-10-9-18(25)13-19(20)24(28)29/h6,9-15H,1,7-8H2,2-5H3/t15-/m0/s1. The molecule has 1 heterocycles. The van der Waals surface area contributed by atoms with Gasteiger partial charge in [0, 0.05) is 16.0 Å². The number of methoxy groups -OCH3 is 2. The highest BCUT2D eigenvalue weighted by Gasteiger charge is 2.16. The summed E-state index contributed by atoms with van der Waals surface area (Å²) in [6.45, 7) is 7.91. The van der Waals surface area contributed by atoms with Crippen molar-refractivity contribution in [1.29, 1.82) is 0 Å². The highest BCUT2D eigenvalue weighted by atomic mass is 79.9. The van der Waals surface area contributed by atoms with Gasteiger partial charge >= 0.3 is 0 Å². The van der Waals surface area contributed by atoms with Gasteiger partial charge < -0.3 is 9.47 Å². The maximum absolute atomic E-state index is 13.3. The van der Waals surface area contributed by atoms with Crippen molar-refractivity contribution < 1.29 is 9.47 Å². The fraction of sp³-hybridized carbons (Fsp3) is 0.292. The molecule has 0 fully saturated rings. The summed E-state index contributed by atoms with van der Waals surface area (Å²) in [6, 6.07) is 9.28. The second-order valence-corrected chi connectivity index (χ2v) is 8.13. The topological polar surface area (TPSA) is 65.7 Å². The molecule has 0 aliphatic carbocycles. The lowest BCUT2D eigenvalue weighted by Gasteiger charge is -2.15. The third-order valence-electron chi connectivity index (χ3n) is 5.15. The minimum Gasteiger partial charge on any atom is -0.493 e. The van der Waals surface area contributed by atoms with Crippen LogP contribution in [0.5, 0.6) is 11.5 Å². The zero-order valence-corrected chi connectivity index (χ0v) is 19.8. The normalized spacial score (nSPS) is 12.3. The zero-order valence-electron chi connectivity index (χ0n) is 18.2. The predicted octanol–water partition coefficient (Wildman–Crippen LogP) is 5.30. The molecule has 0 saturated heterocycles. The lowest BCUT2D eigenvalue weighted by molar-refractivity contribution is 0.352. The van der Waals surface area contributed by atoms with Crippen LogP contribution in [0.2, 0.25) is 0 Å². The van der Waals surface area contributed by atoms with Crippen LogP contribution in [-0.4, -0.2) is 30.1 Å². The number of halogens is 1. The number of fused-ring (bicyclic) bond motifs is 1. The maximum Gasteiger partial charge on any atom is 0.282 e. The Hall–Kier alpha value is -2.93. The lowest BCUT2D eigenvalue weighted by Crippen LogP contribution is -2.23. The second-order valence-electron chi connectivity index (χ2n) is 7.21. The summed E-state index contributed by atoms with van der Waals surface area (Å²) in [6.07, 6.45) is 4.90. The number of aromatic nitrogens is 2. The van der Waals surface area contributed by atoms with Gasteiger partial charge in [0.15, 0.2) is 11.5 Å². The van der Waals surface area contributed by atoms with Crippen LogP contribution in [0, 0.1) is 0 Å². The molecule has 2 aromatic carbocycles. The molecule has 7 heteroatoms. The monoisotopic (exact) mass is 483 g/mol. The predicted molar refractivity (Wildman–Crippen MR) is 129 cm³/mol. The summed E-state index contributed by atoms with van der Waals surface area (Å²) in [5.74, 6) is 1.96. The molecule has 0 saturated carbocycles. The Kier molecular flexibility index (Phi) is 7.28. The van der Waals surface area contributed by atoms with E-state index in [0.717, 1.165) is 22.0 Å². The molecule has 0 N–H and O–H groups in total. The van der Waals surface area contributed by atoms with Crippen molar-refractivity contribution in [2.45, 2.75) is 32.6 Å². The molecule has 0 amide bonds. The van der Waals surface area contributed by atoms with Crippen molar-refractivity contribution in [2.24, 2.45) is 5.10 Å². The van der Waals surface area contributed by atoms with E-state index in [1.54, 1.807) is 32.6 Å². The molecule has 3 aromatic rings. The first-order chi connectivity index (χ1) is 14.9. The molecule has 1 atom stereocenters. The Bertz CT molecular complexity index is 1200. The van der Waals surface area contributed by atoms with Crippen LogP contribution in [-0.2, 0) is 6.42 Å². The van der Waals surface area contributed by atoms with Crippen molar-refractivity contribution in [2.75, 3.05) is 14.2 Å². The smallest absolute Gasteiger partial charge is 0.282 e. The van der Waals surface area contributed by atoms with Crippen LogP contribution >= 0.6 is 15.9 Å². The summed E-state index contributed by atoms with van der Waals surface area (Å²) in [5, 5.41) is 5.05. The Morgan fingerprint density at radius 3 is 2.68 bits per heavy atom. The van der Waals surface area contributed by atoms with Gasteiger partial charge in [-0.25, -0.2) is 4.98 Å². The molecular weight excluding hydrogens is 458 g/mol. The van der Waals surface area contributed by atoms with Crippen molar-refractivity contribution in [3.05, 3.63) is 74.8 Å². The van der Waals surface area contributed by atoms with Crippen LogP contribution in [0.25, 0.3) is 10.9 Å². The Labute approximate surface area is 190 Å². The lowest BCUT2D eigenvalue weighted by atomic mass is 10.1. The number of benzene rings is 2. The van der Waals surface area contributed by atoms with Crippen molar-refractivity contribution in [1.82, 2.24) is 9.66 Å². The largest absolute Gasteiger partial charge is 0.493 e. The third-order valence-corrected chi connectivity index (χ3v) is 5.64. The van der Waals surface area contributed by atoms with Gasteiger partial charge in [0.05, 0.1) is 31.3 Å². The molecule has 0 aliphatic rings. The Morgan fingerprint density at radius 1 is 1.26 bits per heavy atom. The van der Waals surface area contributed by atoms with Gasteiger partial charge in [-0.15, -0.1) is 6.58 Å². The summed E-state index contributed by atoms with van der Waals surface area (Å²) >= 11 is 3.43. The van der Waals surface area contributed by atoms with E-state index < -0.39 is 0 Å². The third kappa shape index (κ3) is 4.71. The molecule has 0 spiro atoms. The van der Waals surface area contributed by atoms with Gasteiger partial charge in [-0.05, 0) is 48.7 Å². The Balaban J connectivity index is 2.18. The molecule has 0 bridgehead atoms. The highest BCUT2D eigenvalue weighted by Crippen LogP contribution is 2.32. The van der Waals surface area contributed by atoms with Crippen LogP contribution < -0.4 is 15.0 Å². The fourth-order valence-electron chi connectivity index (χ4n) is 3.35.